The van der Waals surface area contributed by atoms with Crippen LogP contribution in [0.25, 0.3) is 93.6 Å². The summed E-state index contributed by atoms with van der Waals surface area (Å²) in [5.41, 5.74) is 15.5. The Morgan fingerprint density at radius 3 is 1.54 bits per heavy atom. The molecule has 0 fully saturated rings. The number of nitrogens with zero attached hydrogens (tertiary/aromatic N) is 2. The highest BCUT2D eigenvalue weighted by Crippen LogP contribution is 2.43. The molecule has 0 saturated heterocycles. The Kier molecular flexibility index (Phi) is 8.17. The van der Waals surface area contributed by atoms with Gasteiger partial charge in [-0.2, -0.15) is 0 Å². The number of furan rings is 1. The number of fused-ring (bicyclic) bond motifs is 7. The van der Waals surface area contributed by atoms with Crippen LogP contribution in [0, 0.1) is 0 Å². The first-order chi connectivity index (χ1) is 30.2. The average molecular weight is 779 g/mol. The molecule has 3 heteroatoms. The Morgan fingerprint density at radius 1 is 0.328 bits per heavy atom. The third-order valence-corrected chi connectivity index (χ3v) is 12.2. The van der Waals surface area contributed by atoms with E-state index < -0.39 is 0 Å². The molecule has 0 aliphatic heterocycles. The Balaban J connectivity index is 0.994. The Morgan fingerprint density at radius 2 is 0.869 bits per heavy atom. The SMILES string of the molecule is c1ccc(-c2ccc(N(c3ccc(-c4cc(-c5ccccc5)c5ccccc5c4)cc3)c3ccc4c(c3)oc3cccc(-n5c6ccccc6c6ccccc65)c34)cc2)cc1. The summed E-state index contributed by atoms with van der Waals surface area (Å²) in [5.74, 6) is 0. The van der Waals surface area contributed by atoms with Crippen LogP contribution in [-0.2, 0) is 0 Å². The van der Waals surface area contributed by atoms with Crippen molar-refractivity contribution < 1.29 is 4.42 Å². The third kappa shape index (κ3) is 5.90. The van der Waals surface area contributed by atoms with Crippen molar-refractivity contribution in [2.45, 2.75) is 0 Å². The van der Waals surface area contributed by atoms with E-state index in [0.29, 0.717) is 0 Å². The molecule has 61 heavy (non-hydrogen) atoms. The van der Waals surface area contributed by atoms with Crippen molar-refractivity contribution in [1.29, 1.82) is 0 Å². The molecule has 3 nitrogen and oxygen atoms in total. The van der Waals surface area contributed by atoms with Gasteiger partial charge in [0.1, 0.15) is 11.2 Å². The first-order valence-electron chi connectivity index (χ1n) is 20.8. The number of benzene rings is 10. The topological polar surface area (TPSA) is 21.3 Å². The summed E-state index contributed by atoms with van der Waals surface area (Å²) in [6.07, 6.45) is 0. The molecule has 0 N–H and O–H groups in total. The van der Waals surface area contributed by atoms with E-state index in [1.807, 2.05) is 0 Å². The average Bonchev–Trinajstić information content (AvgIpc) is 3.88. The molecular weight excluding hydrogens is 741 g/mol. The van der Waals surface area contributed by atoms with Crippen molar-refractivity contribution in [3.63, 3.8) is 0 Å². The van der Waals surface area contributed by atoms with Gasteiger partial charge in [-0.15, -0.1) is 0 Å². The van der Waals surface area contributed by atoms with Gasteiger partial charge in [-0.05, 0) is 117 Å². The van der Waals surface area contributed by atoms with Crippen LogP contribution in [0.3, 0.4) is 0 Å². The quantitative estimate of drug-likeness (QED) is 0.161. The summed E-state index contributed by atoms with van der Waals surface area (Å²) in [4.78, 5) is 2.33. The van der Waals surface area contributed by atoms with Crippen LogP contribution >= 0.6 is 0 Å². The van der Waals surface area contributed by atoms with E-state index in [2.05, 4.69) is 240 Å². The summed E-state index contributed by atoms with van der Waals surface area (Å²) >= 11 is 0. The monoisotopic (exact) mass is 778 g/mol. The molecule has 0 aliphatic carbocycles. The van der Waals surface area contributed by atoms with Crippen molar-refractivity contribution in [3.8, 4) is 39.1 Å². The molecule has 0 aliphatic rings. The standard InChI is InChI=1S/C58H38N2O/c1-3-14-39(15-4-1)40-26-30-45(31-27-40)59(46-32-28-41(29-33-46)44-36-43-18-7-8-19-48(43)52(37-44)42-16-5-2-6-17-42)47-34-35-51-57(38-47)61-56-25-13-24-55(58(51)56)60-53-22-11-9-20-49(53)50-21-10-12-23-54(50)60/h1-38H. The summed E-state index contributed by atoms with van der Waals surface area (Å²) in [6.45, 7) is 0. The van der Waals surface area contributed by atoms with Crippen LogP contribution in [-0.4, -0.2) is 4.57 Å². The largest absolute Gasteiger partial charge is 0.456 e. The molecule has 0 spiro atoms. The molecule has 2 heterocycles. The summed E-state index contributed by atoms with van der Waals surface area (Å²) in [5, 5.41) is 7.14. The second-order valence-electron chi connectivity index (χ2n) is 15.7. The molecule has 10 aromatic carbocycles. The van der Waals surface area contributed by atoms with E-state index in [-0.39, 0.29) is 0 Å². The minimum atomic E-state index is 0.841. The van der Waals surface area contributed by atoms with Crippen LogP contribution in [0.5, 0.6) is 0 Å². The second kappa shape index (κ2) is 14.3. The molecule has 0 amide bonds. The summed E-state index contributed by atoms with van der Waals surface area (Å²) < 4.78 is 9.16. The lowest BCUT2D eigenvalue weighted by atomic mass is 9.93. The van der Waals surface area contributed by atoms with E-state index in [0.717, 1.165) is 50.3 Å². The predicted octanol–water partition coefficient (Wildman–Crippen LogP) is 16.3. The van der Waals surface area contributed by atoms with Crippen molar-refractivity contribution in [2.24, 2.45) is 0 Å². The highest BCUT2D eigenvalue weighted by molar-refractivity contribution is 6.15. The van der Waals surface area contributed by atoms with Crippen LogP contribution < -0.4 is 4.90 Å². The van der Waals surface area contributed by atoms with Gasteiger partial charge in [0, 0.05) is 39.3 Å². The smallest absolute Gasteiger partial charge is 0.137 e. The van der Waals surface area contributed by atoms with Gasteiger partial charge >= 0.3 is 0 Å². The number of rotatable bonds is 7. The Labute approximate surface area is 353 Å². The van der Waals surface area contributed by atoms with E-state index in [9.17, 15) is 0 Å². The molecule has 0 saturated carbocycles. The predicted molar refractivity (Wildman–Crippen MR) is 257 cm³/mol. The Hall–Kier alpha value is -8.14. The molecule has 0 bridgehead atoms. The Bertz CT molecular complexity index is 3510. The van der Waals surface area contributed by atoms with Crippen LogP contribution in [0.1, 0.15) is 0 Å². The fourth-order valence-electron chi connectivity index (χ4n) is 9.32. The van der Waals surface area contributed by atoms with Crippen molar-refractivity contribution in [2.75, 3.05) is 4.90 Å². The third-order valence-electron chi connectivity index (χ3n) is 12.2. The van der Waals surface area contributed by atoms with Crippen molar-refractivity contribution in [1.82, 2.24) is 4.57 Å². The first-order valence-corrected chi connectivity index (χ1v) is 20.8. The van der Waals surface area contributed by atoms with Crippen LogP contribution in [0.4, 0.5) is 17.1 Å². The fraction of sp³-hybridized carbons (Fsp3) is 0. The van der Waals surface area contributed by atoms with E-state index >= 15 is 0 Å². The lowest BCUT2D eigenvalue weighted by Gasteiger charge is -2.26. The number of anilines is 3. The molecule has 0 atom stereocenters. The van der Waals surface area contributed by atoms with Crippen LogP contribution in [0.2, 0.25) is 0 Å². The van der Waals surface area contributed by atoms with Gasteiger partial charge in [-0.1, -0.05) is 152 Å². The normalized spacial score (nSPS) is 11.6. The van der Waals surface area contributed by atoms with Gasteiger partial charge in [-0.3, -0.25) is 0 Å². The molecule has 12 aromatic rings. The van der Waals surface area contributed by atoms with Gasteiger partial charge in [0.2, 0.25) is 0 Å². The van der Waals surface area contributed by atoms with Crippen LogP contribution in [0.15, 0.2) is 235 Å². The zero-order valence-corrected chi connectivity index (χ0v) is 33.2. The fourth-order valence-corrected chi connectivity index (χ4v) is 9.32. The van der Waals surface area contributed by atoms with Gasteiger partial charge in [-0.25, -0.2) is 0 Å². The number of aromatic nitrogens is 1. The minimum absolute atomic E-state index is 0.841. The number of hydrogen-bond donors (Lipinski definition) is 0. The number of hydrogen-bond acceptors (Lipinski definition) is 2. The van der Waals surface area contributed by atoms with Gasteiger partial charge in [0.15, 0.2) is 0 Å². The molecule has 0 unspecified atom stereocenters. The van der Waals surface area contributed by atoms with Gasteiger partial charge in [0.25, 0.3) is 0 Å². The minimum Gasteiger partial charge on any atom is -0.456 e. The van der Waals surface area contributed by atoms with Crippen molar-refractivity contribution in [3.05, 3.63) is 231 Å². The summed E-state index contributed by atoms with van der Waals surface area (Å²) in [7, 11) is 0. The maximum absolute atomic E-state index is 6.77. The van der Waals surface area contributed by atoms with Gasteiger partial charge < -0.3 is 13.9 Å². The molecule has 286 valence electrons. The second-order valence-corrected chi connectivity index (χ2v) is 15.7. The lowest BCUT2D eigenvalue weighted by Crippen LogP contribution is -2.09. The highest BCUT2D eigenvalue weighted by Gasteiger charge is 2.20. The zero-order chi connectivity index (χ0) is 40.3. The van der Waals surface area contributed by atoms with E-state index in [4.69, 9.17) is 4.42 Å². The molecule has 0 radical (unpaired) electrons. The van der Waals surface area contributed by atoms with Crippen molar-refractivity contribution >= 4 is 71.6 Å². The summed E-state index contributed by atoms with van der Waals surface area (Å²) in [6, 6.07) is 82.7. The lowest BCUT2D eigenvalue weighted by molar-refractivity contribution is 0.669. The molecular formula is C58H38N2O. The molecule has 2 aromatic heterocycles. The maximum Gasteiger partial charge on any atom is 0.137 e. The van der Waals surface area contributed by atoms with Gasteiger partial charge in [0.05, 0.1) is 22.1 Å². The zero-order valence-electron chi connectivity index (χ0n) is 33.2. The van der Waals surface area contributed by atoms with E-state index in [1.165, 1.54) is 60.4 Å². The van der Waals surface area contributed by atoms with E-state index in [1.54, 1.807) is 0 Å². The first kappa shape index (κ1) is 34.9. The highest BCUT2D eigenvalue weighted by atomic mass is 16.3. The molecule has 12 rings (SSSR count). The maximum atomic E-state index is 6.77. The number of para-hydroxylation sites is 2.